The molecule has 1 aromatic heterocycles. The van der Waals surface area contributed by atoms with Crippen molar-refractivity contribution in [3.05, 3.63) is 70.9 Å². The minimum atomic E-state index is -0.797. The highest BCUT2D eigenvalue weighted by Gasteiger charge is 2.24. The van der Waals surface area contributed by atoms with Gasteiger partial charge in [0.25, 0.3) is 11.8 Å². The van der Waals surface area contributed by atoms with E-state index in [1.54, 1.807) is 35.9 Å². The molecule has 0 spiro atoms. The van der Waals surface area contributed by atoms with Crippen molar-refractivity contribution in [2.45, 2.75) is 33.4 Å². The van der Waals surface area contributed by atoms with Crippen LogP contribution in [0.5, 0.6) is 0 Å². The molecule has 3 rings (SSSR count). The van der Waals surface area contributed by atoms with Crippen LogP contribution in [-0.4, -0.2) is 41.2 Å². The first-order chi connectivity index (χ1) is 16.3. The van der Waals surface area contributed by atoms with Gasteiger partial charge in [-0.15, -0.1) is 0 Å². The van der Waals surface area contributed by atoms with E-state index in [0.29, 0.717) is 17.2 Å². The van der Waals surface area contributed by atoms with Crippen molar-refractivity contribution in [2.24, 2.45) is 11.0 Å². The summed E-state index contributed by atoms with van der Waals surface area (Å²) in [6.45, 7) is 5.79. The van der Waals surface area contributed by atoms with Crippen LogP contribution in [0.25, 0.3) is 10.9 Å². The van der Waals surface area contributed by atoms with Gasteiger partial charge in [-0.25, -0.2) is 5.43 Å². The van der Waals surface area contributed by atoms with Crippen molar-refractivity contribution >= 4 is 46.5 Å². The molecule has 0 saturated heterocycles. The molecule has 0 aliphatic heterocycles. The molecule has 178 valence electrons. The summed E-state index contributed by atoms with van der Waals surface area (Å²) in [6.07, 6.45) is 3.29. The smallest absolute Gasteiger partial charge is 0.325 e. The summed E-state index contributed by atoms with van der Waals surface area (Å²) in [6, 6.07) is 13.3. The normalized spacial score (nSPS) is 12.1. The molecule has 0 aliphatic rings. The molecule has 2 amide bonds. The standard InChI is InChI=1S/C25H27ClN4O4/c1-4-34-22(31)15-30-14-18(20-10-5-6-11-21(20)30)13-27-29-25(33)23(16(2)3)28-24(32)17-8-7-9-19(26)12-17/h5-14,16,23H,4,15H2,1-3H3,(H,28,32)(H,29,33)/b27-13-. The van der Waals surface area contributed by atoms with Gasteiger partial charge in [0.15, 0.2) is 0 Å². The van der Waals surface area contributed by atoms with Crippen LogP contribution < -0.4 is 10.7 Å². The van der Waals surface area contributed by atoms with E-state index in [-0.39, 0.29) is 18.4 Å². The third-order valence-corrected chi connectivity index (χ3v) is 5.36. The lowest BCUT2D eigenvalue weighted by atomic mass is 10.0. The van der Waals surface area contributed by atoms with Crippen LogP contribution in [0.1, 0.15) is 36.7 Å². The number of amides is 2. The molecule has 0 radical (unpaired) electrons. The van der Waals surface area contributed by atoms with Gasteiger partial charge in [-0.2, -0.15) is 5.10 Å². The number of fused-ring (bicyclic) bond motifs is 1. The Morgan fingerprint density at radius 2 is 1.91 bits per heavy atom. The van der Waals surface area contributed by atoms with Crippen molar-refractivity contribution in [1.29, 1.82) is 0 Å². The summed E-state index contributed by atoms with van der Waals surface area (Å²) in [5, 5.41) is 8.14. The number of para-hydroxylation sites is 1. The lowest BCUT2D eigenvalue weighted by Crippen LogP contribution is -2.48. The predicted molar refractivity (Wildman–Crippen MR) is 132 cm³/mol. The van der Waals surface area contributed by atoms with Gasteiger partial charge in [0.2, 0.25) is 0 Å². The van der Waals surface area contributed by atoms with E-state index in [9.17, 15) is 14.4 Å². The van der Waals surface area contributed by atoms with Crippen LogP contribution in [0, 0.1) is 5.92 Å². The van der Waals surface area contributed by atoms with E-state index in [2.05, 4.69) is 15.8 Å². The van der Waals surface area contributed by atoms with Crippen molar-refractivity contribution in [1.82, 2.24) is 15.3 Å². The molecular formula is C25H27ClN4O4. The zero-order valence-electron chi connectivity index (χ0n) is 19.2. The molecule has 8 nitrogen and oxygen atoms in total. The highest BCUT2D eigenvalue weighted by atomic mass is 35.5. The number of hydrogen-bond donors (Lipinski definition) is 2. The maximum atomic E-state index is 12.8. The van der Waals surface area contributed by atoms with Gasteiger partial charge in [-0.3, -0.25) is 14.4 Å². The minimum Gasteiger partial charge on any atom is -0.465 e. The lowest BCUT2D eigenvalue weighted by molar-refractivity contribution is -0.143. The van der Waals surface area contributed by atoms with Crippen LogP contribution in [0.2, 0.25) is 5.02 Å². The number of hydrazone groups is 1. The van der Waals surface area contributed by atoms with Crippen molar-refractivity contribution in [3.63, 3.8) is 0 Å². The largest absolute Gasteiger partial charge is 0.465 e. The van der Waals surface area contributed by atoms with Crippen LogP contribution >= 0.6 is 11.6 Å². The number of nitrogens with zero attached hydrogens (tertiary/aromatic N) is 2. The first-order valence-corrected chi connectivity index (χ1v) is 11.3. The number of hydrogen-bond acceptors (Lipinski definition) is 5. The molecule has 9 heteroatoms. The van der Waals surface area contributed by atoms with Crippen LogP contribution in [0.15, 0.2) is 59.8 Å². The van der Waals surface area contributed by atoms with Gasteiger partial charge >= 0.3 is 5.97 Å². The van der Waals surface area contributed by atoms with Crippen LogP contribution in [-0.2, 0) is 20.9 Å². The summed E-state index contributed by atoms with van der Waals surface area (Å²) in [7, 11) is 0. The first-order valence-electron chi connectivity index (χ1n) is 10.9. The Kier molecular flexibility index (Phi) is 8.43. The summed E-state index contributed by atoms with van der Waals surface area (Å²) >= 11 is 5.96. The fraction of sp³-hybridized carbons (Fsp3) is 0.280. The molecule has 0 aliphatic carbocycles. The van der Waals surface area contributed by atoms with Gasteiger partial charge in [-0.1, -0.05) is 49.7 Å². The van der Waals surface area contributed by atoms with E-state index in [0.717, 1.165) is 16.5 Å². The summed E-state index contributed by atoms with van der Waals surface area (Å²) in [5.74, 6) is -1.36. The third-order valence-electron chi connectivity index (χ3n) is 5.13. The van der Waals surface area contributed by atoms with E-state index >= 15 is 0 Å². The molecule has 2 aromatic carbocycles. The molecule has 0 bridgehead atoms. The van der Waals surface area contributed by atoms with Crippen molar-refractivity contribution < 1.29 is 19.1 Å². The van der Waals surface area contributed by atoms with Crippen molar-refractivity contribution in [3.8, 4) is 0 Å². The second-order valence-corrected chi connectivity index (χ2v) is 8.41. The number of ether oxygens (including phenoxy) is 1. The van der Waals surface area contributed by atoms with E-state index in [1.165, 1.54) is 12.3 Å². The van der Waals surface area contributed by atoms with Crippen molar-refractivity contribution in [2.75, 3.05) is 6.61 Å². The lowest BCUT2D eigenvalue weighted by Gasteiger charge is -2.20. The highest BCUT2D eigenvalue weighted by molar-refractivity contribution is 6.31. The maximum absolute atomic E-state index is 12.8. The first kappa shape index (κ1) is 25.0. The molecule has 2 N–H and O–H groups in total. The number of aromatic nitrogens is 1. The molecule has 1 unspecified atom stereocenters. The Labute approximate surface area is 202 Å². The highest BCUT2D eigenvalue weighted by Crippen LogP contribution is 2.20. The number of nitrogens with one attached hydrogen (secondary N) is 2. The molecular weight excluding hydrogens is 456 g/mol. The number of rotatable bonds is 9. The average molecular weight is 483 g/mol. The summed E-state index contributed by atoms with van der Waals surface area (Å²) < 4.78 is 6.82. The van der Waals surface area contributed by atoms with E-state index in [4.69, 9.17) is 16.3 Å². The van der Waals surface area contributed by atoms with E-state index in [1.807, 2.05) is 38.1 Å². The Hall–Kier alpha value is -3.65. The topological polar surface area (TPSA) is 102 Å². The van der Waals surface area contributed by atoms with Crippen LogP contribution in [0.3, 0.4) is 0 Å². The number of halogens is 1. The van der Waals surface area contributed by atoms with Gasteiger partial charge in [0.1, 0.15) is 12.6 Å². The summed E-state index contributed by atoms with van der Waals surface area (Å²) in [5.41, 5.74) is 4.44. The number of benzene rings is 2. The number of carbonyl (C=O) groups excluding carboxylic acids is 3. The van der Waals surface area contributed by atoms with Crippen LogP contribution in [0.4, 0.5) is 0 Å². The second kappa shape index (κ2) is 11.5. The molecule has 1 atom stereocenters. The number of esters is 1. The van der Waals surface area contributed by atoms with Gasteiger partial charge in [-0.05, 0) is 37.1 Å². The fourth-order valence-corrected chi connectivity index (χ4v) is 3.67. The van der Waals surface area contributed by atoms with Gasteiger partial charge in [0.05, 0.1) is 12.8 Å². The zero-order chi connectivity index (χ0) is 24.7. The SMILES string of the molecule is CCOC(=O)Cn1cc(/C=N\NC(=O)C(NC(=O)c2cccc(Cl)c2)C(C)C)c2ccccc21. The Balaban J connectivity index is 1.72. The Bertz CT molecular complexity index is 1220. The molecule has 0 fully saturated rings. The van der Waals surface area contributed by atoms with E-state index < -0.39 is 17.9 Å². The fourth-order valence-electron chi connectivity index (χ4n) is 3.48. The van der Waals surface area contributed by atoms with Gasteiger partial charge < -0.3 is 14.6 Å². The maximum Gasteiger partial charge on any atom is 0.325 e. The molecule has 3 aromatic rings. The Morgan fingerprint density at radius 1 is 1.15 bits per heavy atom. The molecule has 34 heavy (non-hydrogen) atoms. The number of carbonyl (C=O) groups is 3. The van der Waals surface area contributed by atoms with Gasteiger partial charge in [0, 0.05) is 33.2 Å². The minimum absolute atomic E-state index is 0.0690. The quantitative estimate of drug-likeness (QED) is 0.275. The second-order valence-electron chi connectivity index (χ2n) is 7.97. The summed E-state index contributed by atoms with van der Waals surface area (Å²) in [4.78, 5) is 37.3. The third kappa shape index (κ3) is 6.23. The average Bonchev–Trinajstić information content (AvgIpc) is 3.14. The predicted octanol–water partition coefficient (Wildman–Crippen LogP) is 3.76. The molecule has 1 heterocycles. The molecule has 0 saturated carbocycles. The zero-order valence-corrected chi connectivity index (χ0v) is 20.0. The monoisotopic (exact) mass is 482 g/mol. The Morgan fingerprint density at radius 3 is 2.62 bits per heavy atom.